The molecule has 0 aliphatic rings. The standard InChI is InChI=1S/C27H42N2O2/c1-3-5-7-9-10-12-20-31-26-18-15-24(16-19-26)27-28-21-23(22-29-27)14-17-25(30)13-11-8-6-4-2/h15-16,18-19,21-22,25,30H,3-14,17,20H2,1-2H3. The molecule has 0 aliphatic carbocycles. The molecule has 1 heterocycles. The highest BCUT2D eigenvalue weighted by molar-refractivity contribution is 5.55. The number of unbranched alkanes of at least 4 members (excludes halogenated alkanes) is 8. The molecule has 1 aromatic heterocycles. The lowest BCUT2D eigenvalue weighted by molar-refractivity contribution is 0.151. The van der Waals surface area contributed by atoms with Crippen molar-refractivity contribution < 1.29 is 9.84 Å². The van der Waals surface area contributed by atoms with Gasteiger partial charge in [-0.25, -0.2) is 9.97 Å². The van der Waals surface area contributed by atoms with Gasteiger partial charge in [0.2, 0.25) is 0 Å². The zero-order valence-electron chi connectivity index (χ0n) is 19.7. The van der Waals surface area contributed by atoms with Crippen molar-refractivity contribution in [2.75, 3.05) is 6.61 Å². The average Bonchev–Trinajstić information content (AvgIpc) is 2.81. The predicted molar refractivity (Wildman–Crippen MR) is 129 cm³/mol. The number of aromatic nitrogens is 2. The maximum Gasteiger partial charge on any atom is 0.159 e. The van der Waals surface area contributed by atoms with Crippen LogP contribution in [0.5, 0.6) is 5.75 Å². The van der Waals surface area contributed by atoms with Gasteiger partial charge in [0.05, 0.1) is 12.7 Å². The van der Waals surface area contributed by atoms with Gasteiger partial charge in [-0.1, -0.05) is 71.6 Å². The second-order valence-electron chi connectivity index (χ2n) is 8.60. The summed E-state index contributed by atoms with van der Waals surface area (Å²) in [6.45, 7) is 5.23. The fourth-order valence-electron chi connectivity index (χ4n) is 3.69. The molecule has 1 unspecified atom stereocenters. The smallest absolute Gasteiger partial charge is 0.159 e. The van der Waals surface area contributed by atoms with Gasteiger partial charge < -0.3 is 9.84 Å². The number of hydrogen-bond acceptors (Lipinski definition) is 4. The summed E-state index contributed by atoms with van der Waals surface area (Å²) < 4.78 is 5.85. The molecule has 4 heteroatoms. The van der Waals surface area contributed by atoms with Crippen molar-refractivity contribution in [2.45, 2.75) is 103 Å². The summed E-state index contributed by atoms with van der Waals surface area (Å²) in [5.74, 6) is 1.63. The third-order valence-electron chi connectivity index (χ3n) is 5.74. The Morgan fingerprint density at radius 1 is 0.774 bits per heavy atom. The molecule has 31 heavy (non-hydrogen) atoms. The zero-order chi connectivity index (χ0) is 22.2. The van der Waals surface area contributed by atoms with Crippen LogP contribution < -0.4 is 4.74 Å². The molecule has 0 fully saturated rings. The van der Waals surface area contributed by atoms with Crippen LogP contribution in [0.15, 0.2) is 36.7 Å². The minimum Gasteiger partial charge on any atom is -0.494 e. The lowest BCUT2D eigenvalue weighted by atomic mass is 10.0. The summed E-state index contributed by atoms with van der Waals surface area (Å²) in [5, 5.41) is 10.1. The number of rotatable bonds is 17. The molecular weight excluding hydrogens is 384 g/mol. The maximum absolute atomic E-state index is 10.1. The van der Waals surface area contributed by atoms with Crippen molar-refractivity contribution in [1.82, 2.24) is 9.97 Å². The van der Waals surface area contributed by atoms with Crippen LogP contribution in [0.2, 0.25) is 0 Å². The van der Waals surface area contributed by atoms with Gasteiger partial charge >= 0.3 is 0 Å². The number of ether oxygens (including phenoxy) is 1. The first-order valence-electron chi connectivity index (χ1n) is 12.4. The summed E-state index contributed by atoms with van der Waals surface area (Å²) in [4.78, 5) is 9.04. The Hall–Kier alpha value is -1.94. The van der Waals surface area contributed by atoms with E-state index in [-0.39, 0.29) is 6.10 Å². The minimum atomic E-state index is -0.222. The third-order valence-corrected chi connectivity index (χ3v) is 5.74. The van der Waals surface area contributed by atoms with E-state index in [1.54, 1.807) is 0 Å². The number of nitrogens with zero attached hydrogens (tertiary/aromatic N) is 2. The lowest BCUT2D eigenvalue weighted by Gasteiger charge is -2.10. The van der Waals surface area contributed by atoms with Crippen LogP contribution in [-0.4, -0.2) is 27.8 Å². The van der Waals surface area contributed by atoms with Crippen molar-refractivity contribution in [1.29, 1.82) is 0 Å². The Bertz CT molecular complexity index is 685. The third kappa shape index (κ3) is 10.8. The highest BCUT2D eigenvalue weighted by Gasteiger charge is 2.07. The van der Waals surface area contributed by atoms with Gasteiger partial charge in [0.1, 0.15) is 5.75 Å². The van der Waals surface area contributed by atoms with E-state index < -0.39 is 0 Å². The van der Waals surface area contributed by atoms with E-state index in [0.29, 0.717) is 0 Å². The Morgan fingerprint density at radius 2 is 1.39 bits per heavy atom. The molecule has 0 amide bonds. The maximum atomic E-state index is 10.1. The fraction of sp³-hybridized carbons (Fsp3) is 0.630. The molecular formula is C27H42N2O2. The van der Waals surface area contributed by atoms with E-state index in [9.17, 15) is 5.11 Å². The first-order valence-corrected chi connectivity index (χ1v) is 12.4. The van der Waals surface area contributed by atoms with Gasteiger partial charge in [-0.2, -0.15) is 0 Å². The van der Waals surface area contributed by atoms with Crippen LogP contribution in [0.25, 0.3) is 11.4 Å². The first kappa shape index (κ1) is 25.3. The molecule has 1 atom stereocenters. The molecule has 0 bridgehead atoms. The SMILES string of the molecule is CCCCCCCCOc1ccc(-c2ncc(CCC(O)CCCCCC)cn2)cc1. The zero-order valence-corrected chi connectivity index (χ0v) is 19.7. The molecule has 1 N–H and O–H groups in total. The summed E-state index contributed by atoms with van der Waals surface area (Å²) in [6.07, 6.45) is 18.5. The van der Waals surface area contributed by atoms with Crippen molar-refractivity contribution in [3.8, 4) is 17.1 Å². The van der Waals surface area contributed by atoms with Crippen LogP contribution in [-0.2, 0) is 6.42 Å². The summed E-state index contributed by atoms with van der Waals surface area (Å²) >= 11 is 0. The quantitative estimate of drug-likeness (QED) is 0.273. The molecule has 0 radical (unpaired) electrons. The van der Waals surface area contributed by atoms with E-state index in [2.05, 4.69) is 23.8 Å². The van der Waals surface area contributed by atoms with Crippen molar-refractivity contribution >= 4 is 0 Å². The number of hydrogen-bond donors (Lipinski definition) is 1. The molecule has 0 aliphatic heterocycles. The molecule has 2 rings (SSSR count). The lowest BCUT2D eigenvalue weighted by Crippen LogP contribution is -2.08. The van der Waals surface area contributed by atoms with Crippen molar-refractivity contribution in [3.05, 3.63) is 42.2 Å². The second-order valence-corrected chi connectivity index (χ2v) is 8.60. The predicted octanol–water partition coefficient (Wildman–Crippen LogP) is 7.15. The molecule has 4 nitrogen and oxygen atoms in total. The van der Waals surface area contributed by atoms with E-state index in [1.807, 2.05) is 36.7 Å². The van der Waals surface area contributed by atoms with Crippen LogP contribution in [0, 0.1) is 0 Å². The number of benzene rings is 1. The molecule has 172 valence electrons. The Balaban J connectivity index is 1.69. The monoisotopic (exact) mass is 426 g/mol. The second kappa shape index (κ2) is 15.8. The largest absolute Gasteiger partial charge is 0.494 e. The first-order chi connectivity index (χ1) is 15.2. The fourth-order valence-corrected chi connectivity index (χ4v) is 3.69. The van der Waals surface area contributed by atoms with Gasteiger partial charge in [0.25, 0.3) is 0 Å². The summed E-state index contributed by atoms with van der Waals surface area (Å²) in [7, 11) is 0. The topological polar surface area (TPSA) is 55.2 Å². The van der Waals surface area contributed by atoms with E-state index >= 15 is 0 Å². The normalized spacial score (nSPS) is 12.1. The van der Waals surface area contributed by atoms with Gasteiger partial charge in [-0.05, 0) is 55.5 Å². The van der Waals surface area contributed by atoms with E-state index in [1.165, 1.54) is 51.4 Å². The van der Waals surface area contributed by atoms with Gasteiger partial charge in [-0.3, -0.25) is 0 Å². The summed E-state index contributed by atoms with van der Waals surface area (Å²) in [5.41, 5.74) is 2.07. The number of aliphatic hydroxyl groups is 1. The van der Waals surface area contributed by atoms with Crippen LogP contribution in [0.4, 0.5) is 0 Å². The Kier molecular flexibility index (Phi) is 12.9. The number of aliphatic hydroxyl groups excluding tert-OH is 1. The molecule has 2 aromatic rings. The summed E-state index contributed by atoms with van der Waals surface area (Å²) in [6, 6.07) is 8.04. The molecule has 0 saturated carbocycles. The Labute approximate surface area is 189 Å². The van der Waals surface area contributed by atoms with Crippen molar-refractivity contribution in [3.63, 3.8) is 0 Å². The van der Waals surface area contributed by atoms with Crippen LogP contribution >= 0.6 is 0 Å². The molecule has 1 aromatic carbocycles. The van der Waals surface area contributed by atoms with Crippen LogP contribution in [0.3, 0.4) is 0 Å². The van der Waals surface area contributed by atoms with Gasteiger partial charge in [-0.15, -0.1) is 0 Å². The number of aryl methyl sites for hydroxylation is 1. The molecule has 0 saturated heterocycles. The Morgan fingerprint density at radius 3 is 2.06 bits per heavy atom. The average molecular weight is 427 g/mol. The van der Waals surface area contributed by atoms with Crippen molar-refractivity contribution in [2.24, 2.45) is 0 Å². The minimum absolute atomic E-state index is 0.222. The van der Waals surface area contributed by atoms with E-state index in [4.69, 9.17) is 4.74 Å². The van der Waals surface area contributed by atoms with Crippen LogP contribution in [0.1, 0.15) is 96.5 Å². The van der Waals surface area contributed by atoms with Gasteiger partial charge in [0, 0.05) is 18.0 Å². The molecule has 0 spiro atoms. The highest BCUT2D eigenvalue weighted by Crippen LogP contribution is 2.20. The highest BCUT2D eigenvalue weighted by atomic mass is 16.5. The van der Waals surface area contributed by atoms with E-state index in [0.717, 1.165) is 61.4 Å². The van der Waals surface area contributed by atoms with Gasteiger partial charge in [0.15, 0.2) is 5.82 Å².